The largest absolute Gasteiger partial charge is 0.439 e. The molecular formula is C22H20N6O2S. The van der Waals surface area contributed by atoms with E-state index in [1.165, 1.54) is 11.3 Å². The molecule has 0 fully saturated rings. The summed E-state index contributed by atoms with van der Waals surface area (Å²) in [6.45, 7) is 0.601. The number of benzene rings is 1. The van der Waals surface area contributed by atoms with Gasteiger partial charge in [0.1, 0.15) is 22.4 Å². The Balaban J connectivity index is 1.36. The maximum absolute atomic E-state index is 12.3. The molecular weight excluding hydrogens is 412 g/mol. The van der Waals surface area contributed by atoms with Crippen LogP contribution in [0.2, 0.25) is 0 Å². The van der Waals surface area contributed by atoms with Crippen molar-refractivity contribution in [2.75, 3.05) is 17.2 Å². The van der Waals surface area contributed by atoms with Crippen molar-refractivity contribution in [1.82, 2.24) is 15.0 Å². The number of carbonyl (C=O) groups is 1. The van der Waals surface area contributed by atoms with Gasteiger partial charge in [-0.05, 0) is 48.9 Å². The van der Waals surface area contributed by atoms with E-state index in [9.17, 15) is 4.79 Å². The number of nitrogens with one attached hydrogen (secondary N) is 2. The van der Waals surface area contributed by atoms with Crippen molar-refractivity contribution in [2.45, 2.75) is 6.42 Å². The van der Waals surface area contributed by atoms with Crippen molar-refractivity contribution in [2.24, 2.45) is 5.73 Å². The maximum atomic E-state index is 12.3. The zero-order valence-corrected chi connectivity index (χ0v) is 17.3. The highest BCUT2D eigenvalue weighted by molar-refractivity contribution is 7.13. The first-order valence-electron chi connectivity index (χ1n) is 9.57. The molecule has 0 saturated heterocycles. The fourth-order valence-corrected chi connectivity index (χ4v) is 3.53. The number of rotatable bonds is 7. The molecule has 0 bridgehead atoms. The molecule has 4 rings (SSSR count). The Morgan fingerprint density at radius 1 is 0.968 bits per heavy atom. The third-order valence-corrected chi connectivity index (χ3v) is 5.11. The molecule has 0 aliphatic heterocycles. The topological polar surface area (TPSA) is 115 Å². The van der Waals surface area contributed by atoms with E-state index in [4.69, 9.17) is 10.5 Å². The van der Waals surface area contributed by atoms with E-state index in [0.29, 0.717) is 29.8 Å². The second kappa shape index (κ2) is 9.79. The molecule has 0 radical (unpaired) electrons. The first-order chi connectivity index (χ1) is 15.2. The van der Waals surface area contributed by atoms with Crippen molar-refractivity contribution in [3.05, 3.63) is 77.9 Å². The number of ether oxygens (including phenoxy) is 1. The van der Waals surface area contributed by atoms with E-state index >= 15 is 0 Å². The molecule has 2 amide bonds. The molecule has 0 aliphatic rings. The van der Waals surface area contributed by atoms with Crippen LogP contribution < -0.4 is 21.1 Å². The fourth-order valence-electron chi connectivity index (χ4n) is 2.77. The molecule has 4 aromatic rings. The number of amides is 2. The van der Waals surface area contributed by atoms with Crippen LogP contribution in [0.15, 0.2) is 72.4 Å². The number of aromatic nitrogens is 3. The minimum absolute atomic E-state index is 0.360. The predicted molar refractivity (Wildman–Crippen MR) is 121 cm³/mol. The van der Waals surface area contributed by atoms with Crippen LogP contribution in [0.3, 0.4) is 0 Å². The molecule has 156 valence electrons. The van der Waals surface area contributed by atoms with Gasteiger partial charge in [0.2, 0.25) is 5.88 Å². The Labute approximate surface area is 183 Å². The molecule has 0 saturated carbocycles. The summed E-state index contributed by atoms with van der Waals surface area (Å²) < 4.78 is 5.77. The highest BCUT2D eigenvalue weighted by Gasteiger charge is 2.09. The standard InChI is InChI=1S/C22H20N6O2S/c23-11-8-15-4-6-17(7-5-15)30-20-3-1-2-18(25-20)27-22(29)28-19-14-31-21(26-19)16-9-12-24-13-10-16/h1-7,9-10,12-14H,8,11,23H2,(H2,25,27,28,29). The molecule has 0 spiro atoms. The molecule has 0 atom stereocenters. The lowest BCUT2D eigenvalue weighted by atomic mass is 10.1. The Morgan fingerprint density at radius 2 is 1.74 bits per heavy atom. The van der Waals surface area contributed by atoms with E-state index in [1.807, 2.05) is 36.4 Å². The Kier molecular flexibility index (Phi) is 6.46. The quantitative estimate of drug-likeness (QED) is 0.395. The van der Waals surface area contributed by atoms with Crippen molar-refractivity contribution in [3.63, 3.8) is 0 Å². The molecule has 8 nitrogen and oxygen atoms in total. The lowest BCUT2D eigenvalue weighted by molar-refractivity contribution is 0.262. The van der Waals surface area contributed by atoms with Gasteiger partial charge in [0.25, 0.3) is 0 Å². The summed E-state index contributed by atoms with van der Waals surface area (Å²) in [6.07, 6.45) is 4.22. The molecule has 4 N–H and O–H groups in total. The lowest BCUT2D eigenvalue weighted by Gasteiger charge is -2.08. The van der Waals surface area contributed by atoms with E-state index < -0.39 is 6.03 Å². The molecule has 0 aliphatic carbocycles. The van der Waals surface area contributed by atoms with Crippen LogP contribution in [0, 0.1) is 0 Å². The number of hydrogen-bond donors (Lipinski definition) is 3. The van der Waals surface area contributed by atoms with Gasteiger partial charge in [0.05, 0.1) is 0 Å². The summed E-state index contributed by atoms with van der Waals surface area (Å²) in [7, 11) is 0. The molecule has 31 heavy (non-hydrogen) atoms. The molecule has 9 heteroatoms. The minimum Gasteiger partial charge on any atom is -0.439 e. The summed E-state index contributed by atoms with van der Waals surface area (Å²) in [5.74, 6) is 1.85. The van der Waals surface area contributed by atoms with Crippen LogP contribution in [0.25, 0.3) is 10.6 Å². The Morgan fingerprint density at radius 3 is 2.52 bits per heavy atom. The molecule has 3 heterocycles. The van der Waals surface area contributed by atoms with Gasteiger partial charge in [-0.15, -0.1) is 11.3 Å². The number of thiazole rings is 1. The van der Waals surface area contributed by atoms with E-state index in [2.05, 4.69) is 25.6 Å². The number of urea groups is 1. The summed E-state index contributed by atoms with van der Waals surface area (Å²) >= 11 is 1.43. The minimum atomic E-state index is -0.442. The van der Waals surface area contributed by atoms with E-state index in [1.54, 1.807) is 36.0 Å². The number of nitrogens with two attached hydrogens (primary N) is 1. The van der Waals surface area contributed by atoms with Gasteiger partial charge in [-0.2, -0.15) is 4.98 Å². The summed E-state index contributed by atoms with van der Waals surface area (Å²) in [4.78, 5) is 25.1. The van der Waals surface area contributed by atoms with Crippen molar-refractivity contribution < 1.29 is 9.53 Å². The van der Waals surface area contributed by atoms with Crippen LogP contribution in [0.1, 0.15) is 5.56 Å². The second-order valence-electron chi connectivity index (χ2n) is 6.50. The Hall–Kier alpha value is -3.82. The van der Waals surface area contributed by atoms with Gasteiger partial charge in [0.15, 0.2) is 0 Å². The van der Waals surface area contributed by atoms with Crippen molar-refractivity contribution in [3.8, 4) is 22.2 Å². The summed E-state index contributed by atoms with van der Waals surface area (Å²) in [6, 6.07) is 16.1. The first-order valence-corrected chi connectivity index (χ1v) is 10.5. The van der Waals surface area contributed by atoms with Crippen LogP contribution >= 0.6 is 11.3 Å². The predicted octanol–water partition coefficient (Wildman–Crippen LogP) is 4.54. The SMILES string of the molecule is NCCc1ccc(Oc2cccc(NC(=O)Nc3csc(-c4ccncc4)n3)n2)cc1. The molecule has 3 aromatic heterocycles. The van der Waals surface area contributed by atoms with E-state index in [0.717, 1.165) is 22.6 Å². The van der Waals surface area contributed by atoms with Crippen LogP contribution in [0.5, 0.6) is 11.6 Å². The number of pyridine rings is 2. The normalized spacial score (nSPS) is 10.5. The van der Waals surface area contributed by atoms with Gasteiger partial charge in [-0.3, -0.25) is 15.6 Å². The van der Waals surface area contributed by atoms with E-state index in [-0.39, 0.29) is 0 Å². The van der Waals surface area contributed by atoms with Crippen LogP contribution in [-0.4, -0.2) is 27.5 Å². The van der Waals surface area contributed by atoms with Crippen LogP contribution in [0.4, 0.5) is 16.4 Å². The maximum Gasteiger partial charge on any atom is 0.326 e. The first kappa shape index (κ1) is 20.5. The third-order valence-electron chi connectivity index (χ3n) is 4.22. The van der Waals surface area contributed by atoms with Gasteiger partial charge in [-0.25, -0.2) is 9.78 Å². The highest BCUT2D eigenvalue weighted by Crippen LogP contribution is 2.25. The second-order valence-corrected chi connectivity index (χ2v) is 7.36. The van der Waals surface area contributed by atoms with Crippen molar-refractivity contribution >= 4 is 29.0 Å². The van der Waals surface area contributed by atoms with Gasteiger partial charge < -0.3 is 10.5 Å². The number of nitrogens with zero attached hydrogens (tertiary/aromatic N) is 3. The number of anilines is 2. The Bertz CT molecular complexity index is 1150. The van der Waals surface area contributed by atoms with Gasteiger partial charge in [0, 0.05) is 29.4 Å². The third kappa shape index (κ3) is 5.62. The average Bonchev–Trinajstić information content (AvgIpc) is 3.24. The fraction of sp³-hybridized carbons (Fsp3) is 0.0909. The average molecular weight is 433 g/mol. The number of carbonyl (C=O) groups excluding carboxylic acids is 1. The molecule has 1 aromatic carbocycles. The zero-order chi connectivity index (χ0) is 21.5. The highest BCUT2D eigenvalue weighted by atomic mass is 32.1. The summed E-state index contributed by atoms with van der Waals surface area (Å²) in [5.41, 5.74) is 7.65. The van der Waals surface area contributed by atoms with Crippen LogP contribution in [-0.2, 0) is 6.42 Å². The number of hydrogen-bond acceptors (Lipinski definition) is 7. The van der Waals surface area contributed by atoms with Gasteiger partial charge in [-0.1, -0.05) is 18.2 Å². The smallest absolute Gasteiger partial charge is 0.326 e. The van der Waals surface area contributed by atoms with Gasteiger partial charge >= 0.3 is 6.03 Å². The summed E-state index contributed by atoms with van der Waals surface area (Å²) in [5, 5.41) is 7.97. The lowest BCUT2D eigenvalue weighted by Crippen LogP contribution is -2.20. The zero-order valence-electron chi connectivity index (χ0n) is 16.5. The van der Waals surface area contributed by atoms with Crippen molar-refractivity contribution in [1.29, 1.82) is 0 Å². The molecule has 0 unspecified atom stereocenters. The monoisotopic (exact) mass is 432 g/mol.